The van der Waals surface area contributed by atoms with Gasteiger partial charge in [-0.25, -0.2) is 13.4 Å². The first-order valence-electron chi connectivity index (χ1n) is 9.62. The average molecular weight is 530 g/mol. The summed E-state index contributed by atoms with van der Waals surface area (Å²) >= 11 is 0.812. The summed E-state index contributed by atoms with van der Waals surface area (Å²) in [7, 11) is -1.69. The minimum Gasteiger partial charge on any atom is -0.497 e. The summed E-state index contributed by atoms with van der Waals surface area (Å²) in [5.41, 5.74) is -1.91. The minimum atomic E-state index is -4.76. The number of anilines is 1. The van der Waals surface area contributed by atoms with Crippen molar-refractivity contribution >= 4 is 33.2 Å². The number of methoxy groups -OCH3 is 2. The van der Waals surface area contributed by atoms with Gasteiger partial charge in [0, 0.05) is 6.07 Å². The molecule has 0 bridgehead atoms. The van der Waals surface area contributed by atoms with Gasteiger partial charge in [-0.15, -0.1) is 0 Å². The van der Waals surface area contributed by atoms with E-state index >= 15 is 0 Å². The van der Waals surface area contributed by atoms with E-state index in [0.29, 0.717) is 29.3 Å². The number of carbonyl (C=O) groups excluding carboxylic acids is 1. The molecular formula is C21H18F3N3O6S2. The predicted molar refractivity (Wildman–Crippen MR) is 121 cm³/mol. The summed E-state index contributed by atoms with van der Waals surface area (Å²) in [6, 6.07) is 7.83. The number of H-pyrrole nitrogens is 1. The minimum absolute atomic E-state index is 0.0641. The number of halogens is 3. The van der Waals surface area contributed by atoms with Crippen molar-refractivity contribution in [1.29, 1.82) is 0 Å². The number of nitrogens with zero attached hydrogens (tertiary/aromatic N) is 1. The number of carbonyl (C=O) groups is 1. The van der Waals surface area contributed by atoms with Crippen molar-refractivity contribution in [1.82, 2.24) is 9.97 Å². The summed E-state index contributed by atoms with van der Waals surface area (Å²) in [4.78, 5) is 29.2. The number of rotatable bonds is 8. The summed E-state index contributed by atoms with van der Waals surface area (Å²) in [6.45, 7) is 0. The molecule has 14 heteroatoms. The molecule has 9 nitrogen and oxygen atoms in total. The Bertz CT molecular complexity index is 1410. The molecule has 0 aliphatic carbocycles. The van der Waals surface area contributed by atoms with E-state index in [-0.39, 0.29) is 10.9 Å². The molecule has 0 spiro atoms. The zero-order valence-corrected chi connectivity index (χ0v) is 19.8. The Morgan fingerprint density at radius 2 is 1.89 bits per heavy atom. The van der Waals surface area contributed by atoms with E-state index in [9.17, 15) is 31.2 Å². The lowest BCUT2D eigenvalue weighted by molar-refractivity contribution is -0.137. The molecule has 3 aromatic rings. The van der Waals surface area contributed by atoms with Gasteiger partial charge in [-0.05, 0) is 30.3 Å². The van der Waals surface area contributed by atoms with Gasteiger partial charge in [0.15, 0.2) is 10.1 Å². The molecule has 0 aliphatic rings. The van der Waals surface area contributed by atoms with E-state index in [0.717, 1.165) is 30.1 Å². The number of benzene rings is 2. The number of aromatic nitrogens is 2. The fourth-order valence-electron chi connectivity index (χ4n) is 2.83. The van der Waals surface area contributed by atoms with Crippen molar-refractivity contribution in [3.63, 3.8) is 0 Å². The molecule has 2 N–H and O–H groups in total. The van der Waals surface area contributed by atoms with Crippen LogP contribution < -0.4 is 20.3 Å². The van der Waals surface area contributed by atoms with Crippen LogP contribution in [0.15, 0.2) is 68.4 Å². The topological polar surface area (TPSA) is 127 Å². The van der Waals surface area contributed by atoms with Gasteiger partial charge in [-0.2, -0.15) is 13.2 Å². The number of aromatic amines is 1. The maximum atomic E-state index is 12.9. The van der Waals surface area contributed by atoms with Crippen molar-refractivity contribution in [3.8, 4) is 11.5 Å². The van der Waals surface area contributed by atoms with Gasteiger partial charge in [0.05, 0.1) is 42.3 Å². The van der Waals surface area contributed by atoms with Crippen LogP contribution in [0.4, 0.5) is 18.9 Å². The van der Waals surface area contributed by atoms with Crippen LogP contribution in [0.25, 0.3) is 0 Å². The van der Waals surface area contributed by atoms with Gasteiger partial charge < -0.3 is 19.8 Å². The van der Waals surface area contributed by atoms with Crippen LogP contribution in [0, 0.1) is 0 Å². The highest BCUT2D eigenvalue weighted by molar-refractivity contribution is 7.99. The summed E-state index contributed by atoms with van der Waals surface area (Å²) in [5.74, 6) is 0.185. The Labute approximate surface area is 201 Å². The Morgan fingerprint density at radius 3 is 2.51 bits per heavy atom. The second-order valence-corrected chi connectivity index (χ2v) is 9.70. The van der Waals surface area contributed by atoms with Crippen LogP contribution in [0.2, 0.25) is 0 Å². The number of ether oxygens (including phenoxy) is 2. The lowest BCUT2D eigenvalue weighted by Crippen LogP contribution is -2.20. The average Bonchev–Trinajstić information content (AvgIpc) is 2.82. The number of thioether (sulfide) groups is 1. The molecule has 1 heterocycles. The third kappa shape index (κ3) is 6.14. The second kappa shape index (κ2) is 10.4. The Balaban J connectivity index is 1.75. The first-order chi connectivity index (χ1) is 16.5. The lowest BCUT2D eigenvalue weighted by Gasteiger charge is -2.11. The van der Waals surface area contributed by atoms with Gasteiger partial charge >= 0.3 is 6.18 Å². The molecule has 0 saturated heterocycles. The standard InChI is InChI=1S/C21H18F3N3O6S2/c1-32-13-6-7-16(33-2)15(9-13)26-18(28)11-34-20-25-10-17(19(29)27-20)35(30,31)14-5-3-4-12(8-14)21(22,23)24/h3-10H,11H2,1-2H3,(H,26,28)(H,25,27,29). The lowest BCUT2D eigenvalue weighted by atomic mass is 10.2. The fraction of sp³-hybridized carbons (Fsp3) is 0.190. The van der Waals surface area contributed by atoms with Crippen LogP contribution in [0.1, 0.15) is 5.56 Å². The quantitative estimate of drug-likeness (QED) is 0.336. The first kappa shape index (κ1) is 26.1. The third-order valence-electron chi connectivity index (χ3n) is 4.53. The van der Waals surface area contributed by atoms with E-state index in [1.165, 1.54) is 14.2 Å². The number of sulfone groups is 1. The van der Waals surface area contributed by atoms with Crippen LogP contribution in [-0.4, -0.2) is 44.3 Å². The van der Waals surface area contributed by atoms with Crippen molar-refractivity contribution in [2.75, 3.05) is 25.3 Å². The molecule has 3 rings (SSSR count). The Hall–Kier alpha value is -3.52. The maximum Gasteiger partial charge on any atom is 0.416 e. The van der Waals surface area contributed by atoms with Gasteiger partial charge in [0.2, 0.25) is 15.7 Å². The van der Waals surface area contributed by atoms with Crippen molar-refractivity contribution in [3.05, 3.63) is 64.6 Å². The largest absolute Gasteiger partial charge is 0.497 e. The van der Waals surface area contributed by atoms with Crippen LogP contribution in [-0.2, 0) is 20.8 Å². The molecular weight excluding hydrogens is 511 g/mol. The van der Waals surface area contributed by atoms with Gasteiger partial charge in [-0.1, -0.05) is 17.8 Å². The van der Waals surface area contributed by atoms with E-state index in [2.05, 4.69) is 15.3 Å². The molecule has 0 fully saturated rings. The Morgan fingerprint density at radius 1 is 1.14 bits per heavy atom. The van der Waals surface area contributed by atoms with Crippen LogP contribution in [0.5, 0.6) is 11.5 Å². The van der Waals surface area contributed by atoms with Gasteiger partial charge in [0.25, 0.3) is 5.56 Å². The van der Waals surface area contributed by atoms with Crippen molar-refractivity contribution < 1.29 is 35.9 Å². The summed E-state index contributed by atoms with van der Waals surface area (Å²) in [6.07, 6.45) is -4.02. The maximum absolute atomic E-state index is 12.9. The molecule has 0 aliphatic heterocycles. The molecule has 0 unspecified atom stereocenters. The second-order valence-electron chi connectivity index (χ2n) is 6.81. The molecule has 35 heavy (non-hydrogen) atoms. The molecule has 2 aromatic carbocycles. The number of alkyl halides is 3. The van der Waals surface area contributed by atoms with E-state index in [4.69, 9.17) is 9.47 Å². The Kier molecular flexibility index (Phi) is 7.75. The normalized spacial score (nSPS) is 11.7. The zero-order chi connectivity index (χ0) is 25.8. The fourth-order valence-corrected chi connectivity index (χ4v) is 4.74. The predicted octanol–water partition coefficient (Wildman–Crippen LogP) is 3.37. The zero-order valence-electron chi connectivity index (χ0n) is 18.2. The van der Waals surface area contributed by atoms with E-state index < -0.39 is 42.8 Å². The molecule has 1 amide bonds. The van der Waals surface area contributed by atoms with E-state index in [1.807, 2.05) is 0 Å². The highest BCUT2D eigenvalue weighted by atomic mass is 32.2. The number of amides is 1. The van der Waals surface area contributed by atoms with Crippen molar-refractivity contribution in [2.45, 2.75) is 21.1 Å². The summed E-state index contributed by atoms with van der Waals surface area (Å²) < 4.78 is 74.5. The molecule has 0 atom stereocenters. The monoisotopic (exact) mass is 529 g/mol. The van der Waals surface area contributed by atoms with Crippen molar-refractivity contribution in [2.24, 2.45) is 0 Å². The molecule has 1 aromatic heterocycles. The highest BCUT2D eigenvalue weighted by Crippen LogP contribution is 2.32. The number of hydrogen-bond acceptors (Lipinski definition) is 8. The SMILES string of the molecule is COc1ccc(OC)c(NC(=O)CSc2ncc(S(=O)(=O)c3cccc(C(F)(F)F)c3)c(=O)[nH]2)c1. The van der Waals surface area contributed by atoms with Gasteiger partial charge in [0.1, 0.15) is 11.5 Å². The van der Waals surface area contributed by atoms with E-state index in [1.54, 1.807) is 18.2 Å². The smallest absolute Gasteiger partial charge is 0.416 e. The highest BCUT2D eigenvalue weighted by Gasteiger charge is 2.32. The van der Waals surface area contributed by atoms with Crippen LogP contribution >= 0.6 is 11.8 Å². The molecule has 0 radical (unpaired) electrons. The van der Waals surface area contributed by atoms with Crippen LogP contribution in [0.3, 0.4) is 0 Å². The third-order valence-corrected chi connectivity index (χ3v) is 7.16. The van der Waals surface area contributed by atoms with Gasteiger partial charge in [-0.3, -0.25) is 9.59 Å². The first-order valence-corrected chi connectivity index (χ1v) is 12.1. The molecule has 186 valence electrons. The number of hydrogen-bond donors (Lipinski definition) is 2. The summed E-state index contributed by atoms with van der Waals surface area (Å²) in [5, 5.41) is 2.56. The molecule has 0 saturated carbocycles. The number of nitrogens with one attached hydrogen (secondary N) is 2.